The number of aliphatic hydroxyl groups is 1. The number of amides is 6. The summed E-state index contributed by atoms with van der Waals surface area (Å²) in [6.45, 7) is -0.463. The first-order chi connectivity index (χ1) is 29.9. The molecule has 4 heterocycles. The number of hydrogen-bond acceptors (Lipinski definition) is 11. The van der Waals surface area contributed by atoms with Gasteiger partial charge in [0.25, 0.3) is 11.8 Å². The smallest absolute Gasteiger partial charge is 0.325 e. The quantitative estimate of drug-likeness (QED) is 0.0827. The number of carbonyl (C=O) groups excluding carboxylic acids is 6. The van der Waals surface area contributed by atoms with E-state index >= 15 is 0 Å². The van der Waals surface area contributed by atoms with Crippen LogP contribution in [0.2, 0.25) is 0 Å². The van der Waals surface area contributed by atoms with Gasteiger partial charge in [-0.15, -0.1) is 0 Å². The first-order valence-electron chi connectivity index (χ1n) is 19.9. The molecule has 4 N–H and O–H groups in total. The van der Waals surface area contributed by atoms with Gasteiger partial charge in [-0.1, -0.05) is 0 Å². The molecule has 2 aromatic heterocycles. The number of urea groups is 2. The van der Waals surface area contributed by atoms with Gasteiger partial charge in [-0.2, -0.15) is 0 Å². The molecule has 2 saturated heterocycles. The molecule has 8 rings (SSSR count). The summed E-state index contributed by atoms with van der Waals surface area (Å²) in [6, 6.07) is 17.5. The van der Waals surface area contributed by atoms with Crippen molar-refractivity contribution in [3.63, 3.8) is 0 Å². The van der Waals surface area contributed by atoms with E-state index in [1.807, 2.05) is 12.1 Å². The van der Waals surface area contributed by atoms with Gasteiger partial charge in [0.2, 0.25) is 11.8 Å². The lowest BCUT2D eigenvalue weighted by Gasteiger charge is -2.34. The zero-order valence-electron chi connectivity index (χ0n) is 33.8. The Morgan fingerprint density at radius 3 is 1.35 bits per heavy atom. The Morgan fingerprint density at radius 1 is 0.587 bits per heavy atom. The largest absolute Gasteiger partial charge is 0.508 e. The Labute approximate surface area is 358 Å². The number of ketones is 2. The molecule has 15 nitrogen and oxygen atoms in total. The summed E-state index contributed by atoms with van der Waals surface area (Å²) in [5, 5.41) is 22.7. The predicted molar refractivity (Wildman–Crippen MR) is 215 cm³/mol. The number of Topliss-reactive ketones (excluding diaryl/α,β-unsaturated/α-hetero) is 2. The average molecular weight is 877 g/mol. The van der Waals surface area contributed by atoms with Crippen molar-refractivity contribution in [3.05, 3.63) is 120 Å². The highest BCUT2D eigenvalue weighted by atomic mass is 19.3. The summed E-state index contributed by atoms with van der Waals surface area (Å²) in [4.78, 5) is 83.8. The second-order valence-electron chi connectivity index (χ2n) is 15.6. The first kappa shape index (κ1) is 45.8. The van der Waals surface area contributed by atoms with Crippen LogP contribution in [-0.4, -0.2) is 101 Å². The van der Waals surface area contributed by atoms with Gasteiger partial charge in [0.05, 0.1) is 19.7 Å². The van der Waals surface area contributed by atoms with Crippen LogP contribution < -0.4 is 15.4 Å². The number of phenols is 1. The number of carbonyl (C=O) groups is 6. The van der Waals surface area contributed by atoms with E-state index in [0.717, 1.165) is 20.9 Å². The zero-order valence-corrected chi connectivity index (χ0v) is 33.8. The van der Waals surface area contributed by atoms with Gasteiger partial charge in [-0.3, -0.25) is 38.9 Å². The number of ether oxygens (including phenoxy) is 1. The number of aromatic hydroxyl groups is 1. The number of alkyl halides is 4. The second-order valence-corrected chi connectivity index (χ2v) is 15.6. The molecule has 4 aromatic rings. The fraction of sp³-hybridized carbons (Fsp3) is 0.364. The second kappa shape index (κ2) is 19.1. The number of halogens is 4. The maximum Gasteiger partial charge on any atom is 0.325 e. The first-order valence-corrected chi connectivity index (χ1v) is 19.9. The van der Waals surface area contributed by atoms with E-state index in [4.69, 9.17) is 9.84 Å². The minimum Gasteiger partial charge on any atom is -0.508 e. The number of nitrogens with one attached hydrogen (secondary N) is 2. The lowest BCUT2D eigenvalue weighted by molar-refractivity contribution is -0.136. The minimum atomic E-state index is -2.83. The molecular weight excluding hydrogens is 833 g/mol. The van der Waals surface area contributed by atoms with E-state index < -0.39 is 97.1 Å². The van der Waals surface area contributed by atoms with Crippen LogP contribution in [0.4, 0.5) is 27.2 Å². The van der Waals surface area contributed by atoms with Gasteiger partial charge < -0.3 is 25.6 Å². The van der Waals surface area contributed by atoms with Crippen molar-refractivity contribution in [2.75, 3.05) is 13.1 Å². The number of benzene rings is 2. The van der Waals surface area contributed by atoms with Crippen molar-refractivity contribution >= 4 is 35.4 Å². The van der Waals surface area contributed by atoms with E-state index in [1.165, 1.54) is 24.3 Å². The molecule has 332 valence electrons. The number of rotatable bonds is 10. The molecule has 0 unspecified atom stereocenters. The molecule has 4 aliphatic rings. The van der Waals surface area contributed by atoms with Gasteiger partial charge in [0, 0.05) is 61.6 Å². The topological polar surface area (TPSA) is 208 Å². The number of nitrogens with zero attached hydrogens (tertiary/aromatic N) is 4. The monoisotopic (exact) mass is 876 g/mol. The van der Waals surface area contributed by atoms with Crippen molar-refractivity contribution in [1.29, 1.82) is 0 Å². The molecule has 0 bridgehead atoms. The molecule has 6 amide bonds. The molecule has 0 radical (unpaired) electrons. The summed E-state index contributed by atoms with van der Waals surface area (Å²) in [6.07, 6.45) is 4.19. The van der Waals surface area contributed by atoms with Crippen LogP contribution in [-0.2, 0) is 22.8 Å². The number of pyridine rings is 2. The van der Waals surface area contributed by atoms with Gasteiger partial charge in [-0.25, -0.2) is 27.2 Å². The van der Waals surface area contributed by atoms with Crippen LogP contribution >= 0.6 is 0 Å². The van der Waals surface area contributed by atoms with Gasteiger partial charge in [0.15, 0.2) is 11.6 Å². The van der Waals surface area contributed by atoms with Crippen LogP contribution in [0.15, 0.2) is 97.6 Å². The van der Waals surface area contributed by atoms with Crippen molar-refractivity contribution in [3.8, 4) is 11.5 Å². The molecule has 2 aliphatic heterocycles. The normalized spacial score (nSPS) is 19.0. The maximum atomic E-state index is 13.5. The summed E-state index contributed by atoms with van der Waals surface area (Å²) >= 11 is 0. The third-order valence-electron chi connectivity index (χ3n) is 11.2. The summed E-state index contributed by atoms with van der Waals surface area (Å²) in [5.74, 6) is -7.26. The van der Waals surface area contributed by atoms with E-state index in [1.54, 1.807) is 61.2 Å². The molecule has 4 fully saturated rings. The third-order valence-corrected chi connectivity index (χ3v) is 11.2. The van der Waals surface area contributed by atoms with Gasteiger partial charge in [-0.05, 0) is 110 Å². The Balaban J connectivity index is 0.000000182. The summed E-state index contributed by atoms with van der Waals surface area (Å²) in [7, 11) is 0. The van der Waals surface area contributed by atoms with Crippen molar-refractivity contribution < 1.29 is 61.3 Å². The van der Waals surface area contributed by atoms with E-state index in [0.29, 0.717) is 17.9 Å². The SMILES string of the molecule is O=C(CN1C(=O)NC2(CCC(F)(F)CC2)C1=O)c1ccc(O)cc1.O=C(CN1C(=O)NC2(CCC(F)(F)CC2)C1=O)c1ccc(OCc2ccncc2)cc1.OCc1ccncc1. The van der Waals surface area contributed by atoms with Crippen molar-refractivity contribution in [2.24, 2.45) is 0 Å². The molecule has 19 heteroatoms. The van der Waals surface area contributed by atoms with Crippen LogP contribution in [0.3, 0.4) is 0 Å². The zero-order chi connectivity index (χ0) is 45.4. The molecule has 2 spiro atoms. The molecule has 2 aromatic carbocycles. The Kier molecular flexibility index (Phi) is 13.9. The summed E-state index contributed by atoms with van der Waals surface area (Å²) in [5.41, 5.74) is -0.252. The minimum absolute atomic E-state index is 0.0105. The fourth-order valence-electron chi connectivity index (χ4n) is 7.39. The van der Waals surface area contributed by atoms with Gasteiger partial charge >= 0.3 is 12.1 Å². The van der Waals surface area contributed by atoms with E-state index in [-0.39, 0.29) is 43.6 Å². The predicted octanol–water partition coefficient (Wildman–Crippen LogP) is 5.99. The Hall–Kier alpha value is -6.76. The Morgan fingerprint density at radius 2 is 0.968 bits per heavy atom. The highest BCUT2D eigenvalue weighted by Gasteiger charge is 2.57. The molecule has 2 aliphatic carbocycles. The number of hydrogen-bond donors (Lipinski definition) is 4. The molecule has 2 saturated carbocycles. The van der Waals surface area contributed by atoms with Gasteiger partial charge in [0.1, 0.15) is 29.2 Å². The van der Waals surface area contributed by atoms with E-state index in [2.05, 4.69) is 20.6 Å². The Bertz CT molecular complexity index is 2280. The number of phenolic OH excluding ortho intramolecular Hbond substituents is 1. The highest BCUT2D eigenvalue weighted by molar-refractivity contribution is 6.12. The van der Waals surface area contributed by atoms with Crippen molar-refractivity contribution in [1.82, 2.24) is 30.4 Å². The average Bonchev–Trinajstić information content (AvgIpc) is 3.65. The fourth-order valence-corrected chi connectivity index (χ4v) is 7.39. The van der Waals surface area contributed by atoms with Crippen LogP contribution in [0.25, 0.3) is 0 Å². The molecular formula is C44H44F4N6O9. The molecule has 63 heavy (non-hydrogen) atoms. The van der Waals surface area contributed by atoms with Crippen molar-refractivity contribution in [2.45, 2.75) is 87.5 Å². The lowest BCUT2D eigenvalue weighted by atomic mass is 9.80. The van der Waals surface area contributed by atoms with E-state index in [9.17, 15) is 51.4 Å². The third kappa shape index (κ3) is 11.2. The highest BCUT2D eigenvalue weighted by Crippen LogP contribution is 2.42. The lowest BCUT2D eigenvalue weighted by Crippen LogP contribution is -2.51. The van der Waals surface area contributed by atoms with Crippen LogP contribution in [0.5, 0.6) is 11.5 Å². The van der Waals surface area contributed by atoms with Crippen LogP contribution in [0.1, 0.15) is 83.2 Å². The number of aromatic nitrogens is 2. The summed E-state index contributed by atoms with van der Waals surface area (Å²) < 4.78 is 59.2. The van der Waals surface area contributed by atoms with Crippen LogP contribution in [0, 0.1) is 0 Å². The number of imide groups is 2. The standard InChI is InChI=1S/C22H21F2N3O4.C16H16F2N2O4.C6H7NO/c23-22(24)9-7-21(8-10-22)19(29)27(20(30)26-21)13-18(28)16-1-3-17(4-2-16)31-14-15-5-11-25-12-6-15;17-16(18)7-5-15(6-8-16)13(23)20(14(24)19-15)9-12(22)10-1-3-11(21)4-2-10;8-5-6-1-3-7-4-2-6/h1-6,11-12H,7-10,13-14H2,(H,26,30);1-4,21H,5-9H2,(H,19,24);1-4,8H,5H2. The maximum absolute atomic E-state index is 13.5. The number of aliphatic hydroxyl groups excluding tert-OH is 1. The molecule has 0 atom stereocenters.